The van der Waals surface area contributed by atoms with E-state index >= 15 is 0 Å². The Hall–Kier alpha value is -7.18. The van der Waals surface area contributed by atoms with Crippen LogP contribution in [0.4, 0.5) is 0 Å². The van der Waals surface area contributed by atoms with Gasteiger partial charge < -0.3 is 18.4 Å². The molecule has 0 unspecified atom stereocenters. The van der Waals surface area contributed by atoms with Crippen LogP contribution in [0.1, 0.15) is 104 Å². The van der Waals surface area contributed by atoms with Gasteiger partial charge in [0, 0.05) is 48.3 Å². The second kappa shape index (κ2) is 18.8. The molecule has 12 rings (SSSR count). The van der Waals surface area contributed by atoms with Crippen LogP contribution in [0.5, 0.6) is 0 Å². The van der Waals surface area contributed by atoms with Gasteiger partial charge in [0.2, 0.25) is 0 Å². The van der Waals surface area contributed by atoms with E-state index in [1.54, 1.807) is 0 Å². The molecule has 0 amide bonds. The molecule has 7 heteroatoms. The Labute approximate surface area is 435 Å². The molecule has 4 heterocycles. The van der Waals surface area contributed by atoms with Gasteiger partial charge in [0.25, 0.3) is 0 Å². The van der Waals surface area contributed by atoms with Gasteiger partial charge in [0.05, 0.1) is 28.0 Å². The molecule has 8 aromatic carbocycles. The zero-order valence-electron chi connectivity index (χ0n) is 42.6. The van der Waals surface area contributed by atoms with E-state index in [1.807, 2.05) is 30.5 Å². The number of imidazole rings is 1. The molecule has 0 spiro atoms. The van der Waals surface area contributed by atoms with Crippen molar-refractivity contribution in [3.8, 4) is 39.5 Å². The predicted molar refractivity (Wildman–Crippen MR) is 295 cm³/mol. The molecular weight excluding hydrogens is 1060 g/mol. The number of hydrogen-bond donors (Lipinski definition) is 0. The van der Waals surface area contributed by atoms with Gasteiger partial charge in [-0.15, -0.1) is 42.0 Å². The van der Waals surface area contributed by atoms with Gasteiger partial charge in [0.1, 0.15) is 5.58 Å². The Morgan fingerprint density at radius 1 is 0.556 bits per heavy atom. The zero-order valence-corrected chi connectivity index (χ0v) is 45.0. The summed E-state index contributed by atoms with van der Waals surface area (Å²) in [7, 11) is 0. The van der Waals surface area contributed by atoms with Crippen LogP contribution in [-0.4, -0.2) is 19.5 Å². The molecule has 0 bridgehead atoms. The average Bonchev–Trinajstić information content (AvgIpc) is 4.09. The normalized spacial score (nSPS) is 12.2. The Morgan fingerprint density at radius 2 is 1.26 bits per heavy atom. The monoisotopic (exact) mass is 1120 g/mol. The number of hydrogen-bond acceptors (Lipinski definition) is 5. The number of pyridine rings is 1. The summed E-state index contributed by atoms with van der Waals surface area (Å²) in [6.07, 6.45) is 1.94. The van der Waals surface area contributed by atoms with Crippen molar-refractivity contribution in [1.82, 2.24) is 19.5 Å². The maximum Gasteiger partial charge on any atom is 0.188 e. The maximum absolute atomic E-state index is 6.83. The van der Waals surface area contributed by atoms with Crippen molar-refractivity contribution in [2.24, 2.45) is 0 Å². The third-order valence-electron chi connectivity index (χ3n) is 13.7. The molecule has 0 aliphatic heterocycles. The number of rotatable bonds is 6. The van der Waals surface area contributed by atoms with Crippen molar-refractivity contribution in [2.45, 2.75) is 91.9 Å². The standard InChI is InChI=1S/C45H35N2O.C20H23N2O.Ir/c1-27(2)36-24-32(29-13-6-5-7-14-29)25-37(28(3)4)43(36)47-41-20-11-10-19-40(41)46-45(47)35-18-12-17-34-39-23-31-22-21-30-15-8-9-16-33(30)38(31)26-42(39)48-44(34)35;1-19(2,3)14-8-9-15(21-12-14)13-7-10-17-16(11-13)22-18(23-17)20(4,5)6;/h5-17,19-28H,1-4H3;8-12H,1-6H3;/q2*-1;. The van der Waals surface area contributed by atoms with Gasteiger partial charge in [-0.1, -0.05) is 171 Å². The van der Waals surface area contributed by atoms with E-state index in [0.717, 1.165) is 72.6 Å². The number of furan rings is 1. The summed E-state index contributed by atoms with van der Waals surface area (Å²) in [5, 5.41) is 7.02. The van der Waals surface area contributed by atoms with Gasteiger partial charge in [-0.05, 0) is 109 Å². The Kier molecular flexibility index (Phi) is 12.6. The van der Waals surface area contributed by atoms with Crippen molar-refractivity contribution >= 4 is 65.6 Å². The molecule has 12 aromatic rings. The molecule has 0 N–H and O–H groups in total. The smallest absolute Gasteiger partial charge is 0.188 e. The molecule has 0 saturated carbocycles. The van der Waals surface area contributed by atoms with Crippen LogP contribution >= 0.6 is 0 Å². The number of para-hydroxylation sites is 2. The van der Waals surface area contributed by atoms with E-state index in [-0.39, 0.29) is 42.8 Å². The molecule has 0 saturated heterocycles. The summed E-state index contributed by atoms with van der Waals surface area (Å²) >= 11 is 0. The van der Waals surface area contributed by atoms with Gasteiger partial charge in [0.15, 0.2) is 5.89 Å². The summed E-state index contributed by atoms with van der Waals surface area (Å²) in [6, 6.07) is 60.4. The van der Waals surface area contributed by atoms with Crippen molar-refractivity contribution in [3.63, 3.8) is 0 Å². The SMILES string of the molecule is CC(C)(C)c1ccc(-c2[c-]cc3oc(C(C)(C)C)nc3c2)nc1.CC(C)c1cc(-c2ccccc2)cc(C(C)C)c1-n1c(-c2[c-]ccc3c2oc2cc4c(ccc5ccccc54)cc23)nc2ccccc21.[Ir]. The Balaban J connectivity index is 0.000000209. The van der Waals surface area contributed by atoms with Crippen LogP contribution in [0.2, 0.25) is 0 Å². The minimum Gasteiger partial charge on any atom is -0.501 e. The van der Waals surface area contributed by atoms with Crippen LogP contribution in [0.3, 0.4) is 0 Å². The minimum atomic E-state index is -0.105. The number of nitrogens with zero attached hydrogens (tertiary/aromatic N) is 4. The third-order valence-corrected chi connectivity index (χ3v) is 13.7. The topological polar surface area (TPSA) is 69.9 Å². The van der Waals surface area contributed by atoms with Crippen LogP contribution < -0.4 is 0 Å². The van der Waals surface area contributed by atoms with Gasteiger partial charge >= 0.3 is 0 Å². The van der Waals surface area contributed by atoms with Crippen LogP contribution in [-0.2, 0) is 30.9 Å². The first-order valence-electron chi connectivity index (χ1n) is 24.8. The van der Waals surface area contributed by atoms with Crippen molar-refractivity contribution < 1.29 is 28.9 Å². The first kappa shape index (κ1) is 48.4. The average molecular weight is 1120 g/mol. The fourth-order valence-corrected chi connectivity index (χ4v) is 9.78. The number of fused-ring (bicyclic) bond motifs is 8. The molecule has 4 aromatic heterocycles. The largest absolute Gasteiger partial charge is 0.501 e. The van der Waals surface area contributed by atoms with E-state index < -0.39 is 0 Å². The first-order valence-corrected chi connectivity index (χ1v) is 24.8. The summed E-state index contributed by atoms with van der Waals surface area (Å²) in [5.41, 5.74) is 15.5. The third kappa shape index (κ3) is 8.84. The van der Waals surface area contributed by atoms with Crippen LogP contribution in [0.25, 0.3) is 105 Å². The summed E-state index contributed by atoms with van der Waals surface area (Å²) in [6.45, 7) is 22.0. The molecular formula is C65H58IrN4O2-2. The molecule has 1 radical (unpaired) electrons. The van der Waals surface area contributed by atoms with E-state index in [9.17, 15) is 0 Å². The fourth-order valence-electron chi connectivity index (χ4n) is 9.78. The first-order chi connectivity index (χ1) is 34.1. The van der Waals surface area contributed by atoms with Gasteiger partial charge in [-0.3, -0.25) is 4.98 Å². The zero-order chi connectivity index (χ0) is 49.3. The second-order valence-electron chi connectivity index (χ2n) is 21.5. The molecule has 0 atom stereocenters. The molecule has 361 valence electrons. The van der Waals surface area contributed by atoms with Crippen molar-refractivity contribution in [2.75, 3.05) is 0 Å². The van der Waals surface area contributed by atoms with Crippen molar-refractivity contribution in [1.29, 1.82) is 0 Å². The minimum absolute atomic E-state index is 0. The maximum atomic E-state index is 6.83. The second-order valence-corrected chi connectivity index (χ2v) is 21.5. The summed E-state index contributed by atoms with van der Waals surface area (Å²) in [5.74, 6) is 2.15. The number of oxazole rings is 1. The van der Waals surface area contributed by atoms with E-state index in [1.165, 1.54) is 55.0 Å². The molecule has 0 fully saturated rings. The van der Waals surface area contributed by atoms with Gasteiger partial charge in [-0.25, -0.2) is 4.98 Å². The summed E-state index contributed by atoms with van der Waals surface area (Å²) < 4.78 is 15.0. The van der Waals surface area contributed by atoms with Crippen LogP contribution in [0, 0.1) is 12.1 Å². The molecule has 72 heavy (non-hydrogen) atoms. The molecule has 0 aliphatic rings. The quantitative estimate of drug-likeness (QED) is 0.123. The molecule has 6 nitrogen and oxygen atoms in total. The number of aromatic nitrogens is 4. The Morgan fingerprint density at radius 3 is 1.97 bits per heavy atom. The molecule has 0 aliphatic carbocycles. The van der Waals surface area contributed by atoms with E-state index in [4.69, 9.17) is 13.8 Å². The number of benzene rings is 8. The fraction of sp³-hybridized carbons (Fsp3) is 0.215. The predicted octanol–water partition coefficient (Wildman–Crippen LogP) is 17.9. The van der Waals surface area contributed by atoms with Crippen LogP contribution in [0.15, 0.2) is 167 Å². The van der Waals surface area contributed by atoms with Crippen molar-refractivity contribution in [3.05, 3.63) is 193 Å². The summed E-state index contributed by atoms with van der Waals surface area (Å²) in [4.78, 5) is 14.5. The van der Waals surface area contributed by atoms with E-state index in [2.05, 4.69) is 223 Å². The van der Waals surface area contributed by atoms with Gasteiger partial charge in [-0.2, -0.15) is 0 Å². The van der Waals surface area contributed by atoms with E-state index in [0.29, 0.717) is 0 Å². The Bertz CT molecular complexity index is 3930.